The van der Waals surface area contributed by atoms with Crippen LogP contribution >= 0.6 is 7.83 Å². The molecule has 3 atom stereocenters. The fourth-order valence-corrected chi connectivity index (χ4v) is 6.92. The van der Waals surface area contributed by atoms with E-state index in [2.05, 4.69) is 0 Å². The summed E-state index contributed by atoms with van der Waals surface area (Å²) in [7, 11) is 0.319. The minimum atomic E-state index is -1.06. The Kier molecular flexibility index (Phi) is 5.14. The van der Waals surface area contributed by atoms with Crippen LogP contribution in [0.3, 0.4) is 0 Å². The molecule has 1 aromatic heterocycles. The molecule has 2 amide bonds. The van der Waals surface area contributed by atoms with Crippen molar-refractivity contribution in [3.8, 4) is 0 Å². The average molecular weight is 553 g/mol. The zero-order valence-corrected chi connectivity index (χ0v) is 22.5. The monoisotopic (exact) mass is 552 g/mol. The van der Waals surface area contributed by atoms with Crippen molar-refractivity contribution in [1.82, 2.24) is 9.88 Å². The Balaban J connectivity index is 1.22. The van der Waals surface area contributed by atoms with Crippen molar-refractivity contribution in [3.63, 3.8) is 0 Å². The molecule has 0 saturated carbocycles. The van der Waals surface area contributed by atoms with Gasteiger partial charge in [0, 0.05) is 11.1 Å². The lowest BCUT2D eigenvalue weighted by Gasteiger charge is -2.21. The summed E-state index contributed by atoms with van der Waals surface area (Å²) < 4.78 is 0. The number of aromatic nitrogens is 1. The number of benzene rings is 4. The number of hydrogen-bond acceptors (Lipinski definition) is 5. The fourth-order valence-electron chi connectivity index (χ4n) is 6.15. The second kappa shape index (κ2) is 8.80. The third kappa shape index (κ3) is 3.48. The predicted octanol–water partition coefficient (Wildman–Crippen LogP) is 5.68. The maximum absolute atomic E-state index is 13.7. The molecule has 41 heavy (non-hydrogen) atoms. The number of allylic oxidation sites excluding steroid dienone is 1. The lowest BCUT2D eigenvalue weighted by Crippen LogP contribution is -2.29. The van der Waals surface area contributed by atoms with Crippen LogP contribution in [0.4, 0.5) is 0 Å². The van der Waals surface area contributed by atoms with Gasteiger partial charge in [0.1, 0.15) is 0 Å². The maximum atomic E-state index is 13.7. The number of Topliss-reactive ketones (excluding diaryl/α,β-unsaturated/α-hetero) is 1. The van der Waals surface area contributed by atoms with E-state index in [-0.39, 0.29) is 5.78 Å². The topological polar surface area (TPSA) is 87.6 Å². The van der Waals surface area contributed by atoms with Crippen molar-refractivity contribution in [3.05, 3.63) is 130 Å². The summed E-state index contributed by atoms with van der Waals surface area (Å²) >= 11 is 0. The van der Waals surface area contributed by atoms with Crippen molar-refractivity contribution in [2.45, 2.75) is 12.0 Å². The van der Waals surface area contributed by atoms with E-state index in [0.717, 1.165) is 27.1 Å². The van der Waals surface area contributed by atoms with E-state index in [1.807, 2.05) is 78.3 Å². The number of carbonyl (C=O) groups excluding carboxylic acids is 3. The minimum Gasteiger partial charge on any atom is -0.387 e. The number of nitrogens with zero attached hydrogens (tertiary/aromatic N) is 2. The molecule has 0 bridgehead atoms. The third-order valence-corrected chi connectivity index (χ3v) is 9.02. The number of rotatable bonds is 2. The van der Waals surface area contributed by atoms with Crippen LogP contribution in [0.1, 0.15) is 65.6 Å². The molecule has 8 rings (SSSR count). The van der Waals surface area contributed by atoms with Crippen molar-refractivity contribution in [1.29, 1.82) is 0 Å². The Morgan fingerprint density at radius 2 is 1.32 bits per heavy atom. The van der Waals surface area contributed by atoms with E-state index < -0.39 is 23.8 Å². The number of aliphatic hydroxyl groups is 1. The van der Waals surface area contributed by atoms with Crippen LogP contribution in [0.5, 0.6) is 0 Å². The predicted molar refractivity (Wildman–Crippen MR) is 162 cm³/mol. The highest BCUT2D eigenvalue weighted by Crippen LogP contribution is 2.44. The van der Waals surface area contributed by atoms with Gasteiger partial charge in [0.15, 0.2) is 5.78 Å². The zero-order valence-electron chi connectivity index (χ0n) is 21.5. The molecule has 1 aliphatic carbocycles. The number of aliphatic hydroxyl groups excluding tert-OH is 1. The smallest absolute Gasteiger partial charge is 0.266 e. The van der Waals surface area contributed by atoms with Crippen LogP contribution < -0.4 is 0 Å². The Labute approximate surface area is 235 Å². The van der Waals surface area contributed by atoms with E-state index >= 15 is 0 Å². The summed E-state index contributed by atoms with van der Waals surface area (Å²) in [6, 6.07) is 26.2. The Bertz CT molecular complexity index is 2090. The third-order valence-electron chi connectivity index (χ3n) is 8.18. The molecule has 0 saturated heterocycles. The molecular weight excluding hydrogens is 531 g/mol. The molecule has 2 aliphatic heterocycles. The molecule has 0 radical (unpaired) electrons. The Hall–Kier alpha value is -4.90. The van der Waals surface area contributed by atoms with Gasteiger partial charge in [-0.25, -0.2) is 9.88 Å². The first-order chi connectivity index (χ1) is 20.0. The second-order valence-electron chi connectivity index (χ2n) is 10.5. The lowest BCUT2D eigenvalue weighted by molar-refractivity contribution is 0.0733. The molecule has 4 aromatic carbocycles. The number of fused-ring (bicyclic) bond motifs is 5. The summed E-state index contributed by atoms with van der Waals surface area (Å²) in [4.78, 5) is 47.1. The van der Waals surface area contributed by atoms with Gasteiger partial charge in [-0.05, 0) is 75.1 Å². The highest BCUT2D eigenvalue weighted by Gasteiger charge is 2.43. The molecule has 3 heterocycles. The molecule has 6 nitrogen and oxygen atoms in total. The lowest BCUT2D eigenvalue weighted by atomic mass is 9.96. The first-order valence-corrected chi connectivity index (χ1v) is 14.5. The van der Waals surface area contributed by atoms with Gasteiger partial charge in [-0.1, -0.05) is 54.6 Å². The molecule has 0 spiro atoms. The number of ketones is 1. The van der Waals surface area contributed by atoms with Gasteiger partial charge in [-0.15, -0.1) is 7.83 Å². The van der Waals surface area contributed by atoms with Gasteiger partial charge in [0.2, 0.25) is 0 Å². The standard InChI is InChI=1S/C34H21N2O4P/c37-31-23-13-18-5-1-2-6-19(18)14-24(23)32(38)29(31)27-10-9-22-17-41-12-11-28(30(22)35-27)36-33(39)25-15-20-7-3-4-8-21(20)16-26(25)34(36)40/h1-17,29,31,37,41H. The van der Waals surface area contributed by atoms with Crippen LogP contribution in [0.25, 0.3) is 27.2 Å². The second-order valence-corrected chi connectivity index (χ2v) is 11.4. The van der Waals surface area contributed by atoms with Crippen LogP contribution in [0.15, 0.2) is 91.0 Å². The molecular formula is C34H21N2O4P. The van der Waals surface area contributed by atoms with Gasteiger partial charge < -0.3 is 5.11 Å². The molecule has 196 valence electrons. The summed E-state index contributed by atoms with van der Waals surface area (Å²) in [6.07, 6.45) is 0.697. The van der Waals surface area contributed by atoms with E-state index in [9.17, 15) is 19.5 Å². The molecule has 1 N–H and O–H groups in total. The SMILES string of the molecule is O=C1c2cc3ccccc3cc2C(O)C1c1ccc2c(n1)C(N1C(=O)c3cc4ccccc4cc3C1=O)=CC=[PH]=C2. The number of hydrogen-bond donors (Lipinski definition) is 1. The maximum Gasteiger partial charge on any atom is 0.266 e. The van der Waals surface area contributed by atoms with E-state index in [1.54, 1.807) is 24.3 Å². The van der Waals surface area contributed by atoms with Gasteiger partial charge >= 0.3 is 0 Å². The molecule has 7 heteroatoms. The quantitative estimate of drug-likeness (QED) is 0.225. The van der Waals surface area contributed by atoms with Gasteiger partial charge in [0.25, 0.3) is 11.8 Å². The Morgan fingerprint density at radius 3 is 1.95 bits per heavy atom. The average Bonchev–Trinajstić information content (AvgIpc) is 3.26. The molecule has 5 aromatic rings. The Morgan fingerprint density at radius 1 is 0.732 bits per heavy atom. The summed E-state index contributed by atoms with van der Waals surface area (Å²) in [5, 5.41) is 15.0. The van der Waals surface area contributed by atoms with Crippen LogP contribution in [-0.2, 0) is 0 Å². The van der Waals surface area contributed by atoms with E-state index in [1.165, 1.54) is 4.90 Å². The van der Waals surface area contributed by atoms with Crippen molar-refractivity contribution in [2.24, 2.45) is 0 Å². The minimum absolute atomic E-state index is 0.199. The van der Waals surface area contributed by atoms with E-state index in [4.69, 9.17) is 4.98 Å². The molecule has 0 fully saturated rings. The van der Waals surface area contributed by atoms with Crippen molar-refractivity contribution >= 4 is 64.3 Å². The van der Waals surface area contributed by atoms with Crippen LogP contribution in [-0.4, -0.2) is 44.2 Å². The fraction of sp³-hybridized carbons (Fsp3) is 0.0588. The highest BCUT2D eigenvalue weighted by atomic mass is 31.0. The van der Waals surface area contributed by atoms with Crippen molar-refractivity contribution < 1.29 is 19.5 Å². The number of amides is 2. The summed E-state index contributed by atoms with van der Waals surface area (Å²) in [5.74, 6) is 2.00. The normalized spacial score (nSPS) is 19.6. The number of carbonyl (C=O) groups is 3. The van der Waals surface area contributed by atoms with E-state index in [0.29, 0.717) is 47.2 Å². The highest BCUT2D eigenvalue weighted by molar-refractivity contribution is 7.40. The zero-order chi connectivity index (χ0) is 27.8. The van der Waals surface area contributed by atoms with Gasteiger partial charge in [-0.3, -0.25) is 14.4 Å². The van der Waals surface area contributed by atoms with Crippen molar-refractivity contribution in [2.75, 3.05) is 0 Å². The number of imide groups is 1. The summed E-state index contributed by atoms with van der Waals surface area (Å²) in [5.41, 5.74) is 3.73. The summed E-state index contributed by atoms with van der Waals surface area (Å²) in [6.45, 7) is 0. The number of pyridine rings is 1. The first kappa shape index (κ1) is 23.9. The first-order valence-electron chi connectivity index (χ1n) is 13.3. The van der Waals surface area contributed by atoms with Crippen LogP contribution in [0.2, 0.25) is 0 Å². The van der Waals surface area contributed by atoms with Crippen LogP contribution in [0, 0.1) is 0 Å². The van der Waals surface area contributed by atoms with Gasteiger partial charge in [0.05, 0.1) is 40.2 Å². The van der Waals surface area contributed by atoms with Gasteiger partial charge in [-0.2, -0.15) is 0 Å². The largest absolute Gasteiger partial charge is 0.387 e. The molecule has 3 aliphatic rings. The molecule has 3 unspecified atom stereocenters.